The van der Waals surface area contributed by atoms with E-state index in [0.29, 0.717) is 5.88 Å². The lowest BCUT2D eigenvalue weighted by molar-refractivity contribution is 0.161. The average molecular weight is 450 g/mol. The third-order valence-corrected chi connectivity index (χ3v) is 6.94. The van der Waals surface area contributed by atoms with Gasteiger partial charge in [0.15, 0.2) is 5.60 Å². The van der Waals surface area contributed by atoms with Gasteiger partial charge in [0.1, 0.15) is 12.1 Å². The van der Waals surface area contributed by atoms with Crippen molar-refractivity contribution in [1.29, 1.82) is 0 Å². The van der Waals surface area contributed by atoms with Crippen molar-refractivity contribution in [3.05, 3.63) is 95.8 Å². The van der Waals surface area contributed by atoms with Gasteiger partial charge in [0.05, 0.1) is 18.0 Å². The van der Waals surface area contributed by atoms with Crippen molar-refractivity contribution in [2.24, 2.45) is 0 Å². The van der Waals surface area contributed by atoms with Crippen LogP contribution in [0.15, 0.2) is 79.1 Å². The molecule has 2 aliphatic rings. The number of anilines is 1. The lowest BCUT2D eigenvalue weighted by Crippen LogP contribution is -2.34. The Labute approximate surface area is 199 Å². The van der Waals surface area contributed by atoms with Crippen LogP contribution in [0.2, 0.25) is 0 Å². The van der Waals surface area contributed by atoms with Crippen LogP contribution in [-0.2, 0) is 5.60 Å². The molecule has 0 radical (unpaired) electrons. The number of nitrogens with zero attached hydrogens (tertiary/aromatic N) is 3. The molecule has 3 heterocycles. The van der Waals surface area contributed by atoms with Crippen molar-refractivity contribution in [1.82, 2.24) is 9.97 Å². The molecular formula is C29H27N3O2. The van der Waals surface area contributed by atoms with Crippen molar-refractivity contribution in [2.75, 3.05) is 25.1 Å². The summed E-state index contributed by atoms with van der Waals surface area (Å²) in [5.41, 5.74) is 4.49. The Bertz CT molecular complexity index is 1350. The van der Waals surface area contributed by atoms with Crippen LogP contribution in [0.1, 0.15) is 36.0 Å². The van der Waals surface area contributed by atoms with Gasteiger partial charge in [0.25, 0.3) is 0 Å². The number of hydrogen-bond acceptors (Lipinski definition) is 5. The van der Waals surface area contributed by atoms with Crippen LogP contribution in [0.5, 0.6) is 11.6 Å². The molecule has 5 nitrogen and oxygen atoms in total. The van der Waals surface area contributed by atoms with Gasteiger partial charge < -0.3 is 14.4 Å². The molecule has 3 aromatic carbocycles. The van der Waals surface area contributed by atoms with Crippen LogP contribution in [0.3, 0.4) is 0 Å². The third kappa shape index (κ3) is 3.39. The second-order valence-electron chi connectivity index (χ2n) is 8.89. The molecule has 6 rings (SSSR count). The summed E-state index contributed by atoms with van der Waals surface area (Å²) in [4.78, 5) is 11.2. The molecule has 0 bridgehead atoms. The predicted molar refractivity (Wildman–Crippen MR) is 135 cm³/mol. The molecule has 0 aliphatic carbocycles. The Balaban J connectivity index is 1.47. The molecule has 1 fully saturated rings. The highest BCUT2D eigenvalue weighted by atomic mass is 16.5. The van der Waals surface area contributed by atoms with E-state index < -0.39 is 5.60 Å². The van der Waals surface area contributed by atoms with Crippen molar-refractivity contribution >= 4 is 22.7 Å². The van der Waals surface area contributed by atoms with Gasteiger partial charge in [0, 0.05) is 35.5 Å². The largest absolute Gasteiger partial charge is 0.480 e. The van der Waals surface area contributed by atoms with Crippen molar-refractivity contribution in [3.8, 4) is 11.6 Å². The fourth-order valence-electron chi connectivity index (χ4n) is 5.18. The van der Waals surface area contributed by atoms with E-state index in [-0.39, 0.29) is 0 Å². The van der Waals surface area contributed by atoms with E-state index in [9.17, 15) is 0 Å². The van der Waals surface area contributed by atoms with Crippen LogP contribution in [0.25, 0.3) is 17.0 Å². The molecule has 5 heteroatoms. The Morgan fingerprint density at radius 3 is 2.38 bits per heavy atom. The highest BCUT2D eigenvalue weighted by Gasteiger charge is 2.37. The van der Waals surface area contributed by atoms with Crippen LogP contribution < -0.4 is 14.4 Å². The molecule has 170 valence electrons. The molecule has 1 aromatic heterocycles. The number of aromatic nitrogens is 2. The monoisotopic (exact) mass is 449 g/mol. The normalized spacial score (nSPS) is 19.5. The van der Waals surface area contributed by atoms with E-state index in [1.807, 2.05) is 18.2 Å². The number of ether oxygens (including phenoxy) is 2. The van der Waals surface area contributed by atoms with Crippen molar-refractivity contribution < 1.29 is 9.47 Å². The summed E-state index contributed by atoms with van der Waals surface area (Å²) in [7, 11) is 1.63. The maximum Gasteiger partial charge on any atom is 0.224 e. The minimum Gasteiger partial charge on any atom is -0.480 e. The van der Waals surface area contributed by atoms with Gasteiger partial charge in [-0.2, -0.15) is 0 Å². The first-order valence-corrected chi connectivity index (χ1v) is 11.9. The van der Waals surface area contributed by atoms with Gasteiger partial charge in [-0.15, -0.1) is 0 Å². The second kappa shape index (κ2) is 8.49. The van der Waals surface area contributed by atoms with E-state index in [0.717, 1.165) is 46.4 Å². The molecule has 1 saturated heterocycles. The number of piperidine rings is 1. The van der Waals surface area contributed by atoms with Gasteiger partial charge in [-0.3, -0.25) is 0 Å². The summed E-state index contributed by atoms with van der Waals surface area (Å²) in [6.07, 6.45) is 9.65. The maximum atomic E-state index is 6.87. The van der Waals surface area contributed by atoms with Gasteiger partial charge in [-0.05, 0) is 55.7 Å². The molecule has 0 amide bonds. The standard InChI is InChI=1S/C29H27N3O2/c1-33-28-27-24-16-17-29(21-8-4-2-5-9-21,34-26(24)15-14-25(27)30-20-31-28)22-10-12-23(13-11-22)32-18-6-3-7-19-32/h2,4-5,8-17,20H,3,6-7,18-19H2,1H3. The SMILES string of the molecule is COc1ncnc2ccc3c(c12)C=CC(c1ccccc1)(c1ccc(N2CCCCC2)cc1)O3. The number of hydrogen-bond donors (Lipinski definition) is 0. The highest BCUT2D eigenvalue weighted by Crippen LogP contribution is 2.45. The first-order chi connectivity index (χ1) is 16.8. The van der Waals surface area contributed by atoms with Crippen molar-refractivity contribution in [2.45, 2.75) is 24.9 Å². The molecule has 1 atom stereocenters. The van der Waals surface area contributed by atoms with Crippen molar-refractivity contribution in [3.63, 3.8) is 0 Å². The fraction of sp³-hybridized carbons (Fsp3) is 0.241. The second-order valence-corrected chi connectivity index (χ2v) is 8.89. The third-order valence-electron chi connectivity index (χ3n) is 6.94. The first-order valence-electron chi connectivity index (χ1n) is 11.9. The van der Waals surface area contributed by atoms with E-state index in [4.69, 9.17) is 9.47 Å². The van der Waals surface area contributed by atoms with E-state index in [1.165, 1.54) is 31.3 Å². The summed E-state index contributed by atoms with van der Waals surface area (Å²) in [6.45, 7) is 2.26. The van der Waals surface area contributed by atoms with Gasteiger partial charge in [-0.25, -0.2) is 9.97 Å². The molecule has 0 saturated carbocycles. The van der Waals surface area contributed by atoms with E-state index in [2.05, 4.69) is 75.6 Å². The zero-order chi connectivity index (χ0) is 23.0. The summed E-state index contributed by atoms with van der Waals surface area (Å²) >= 11 is 0. The number of benzene rings is 3. The average Bonchev–Trinajstić information content (AvgIpc) is 2.93. The zero-order valence-electron chi connectivity index (χ0n) is 19.3. The lowest BCUT2D eigenvalue weighted by Gasteiger charge is -2.37. The van der Waals surface area contributed by atoms with E-state index >= 15 is 0 Å². The predicted octanol–water partition coefficient (Wildman–Crippen LogP) is 5.98. The van der Waals surface area contributed by atoms with E-state index in [1.54, 1.807) is 7.11 Å². The quantitative estimate of drug-likeness (QED) is 0.384. The summed E-state index contributed by atoms with van der Waals surface area (Å²) in [5.74, 6) is 1.33. The van der Waals surface area contributed by atoms with Crippen LogP contribution >= 0.6 is 0 Å². The topological polar surface area (TPSA) is 47.5 Å². The minimum atomic E-state index is -0.731. The first kappa shape index (κ1) is 20.7. The van der Waals surface area contributed by atoms with Gasteiger partial charge in [-0.1, -0.05) is 42.5 Å². The number of rotatable bonds is 4. The Morgan fingerprint density at radius 1 is 0.853 bits per heavy atom. The molecule has 0 N–H and O–H groups in total. The highest BCUT2D eigenvalue weighted by molar-refractivity contribution is 5.95. The Morgan fingerprint density at radius 2 is 1.62 bits per heavy atom. The summed E-state index contributed by atoms with van der Waals surface area (Å²) < 4.78 is 12.4. The smallest absolute Gasteiger partial charge is 0.224 e. The molecule has 34 heavy (non-hydrogen) atoms. The Hall–Kier alpha value is -3.86. The Kier molecular flexibility index (Phi) is 5.17. The number of methoxy groups -OCH3 is 1. The minimum absolute atomic E-state index is 0.549. The van der Waals surface area contributed by atoms with Crippen LogP contribution in [-0.4, -0.2) is 30.2 Å². The molecule has 2 aliphatic heterocycles. The molecular weight excluding hydrogens is 422 g/mol. The fourth-order valence-corrected chi connectivity index (χ4v) is 5.18. The summed E-state index contributed by atoms with van der Waals surface area (Å²) in [6, 6.07) is 23.2. The number of fused-ring (bicyclic) bond motifs is 3. The van der Waals surface area contributed by atoms with Gasteiger partial charge in [0.2, 0.25) is 5.88 Å². The molecule has 1 unspecified atom stereocenters. The molecule has 0 spiro atoms. The lowest BCUT2D eigenvalue weighted by atomic mass is 9.83. The summed E-state index contributed by atoms with van der Waals surface area (Å²) in [5, 5.41) is 0.862. The van der Waals surface area contributed by atoms with Crippen LogP contribution in [0.4, 0.5) is 5.69 Å². The zero-order valence-corrected chi connectivity index (χ0v) is 19.3. The van der Waals surface area contributed by atoms with Crippen LogP contribution in [0, 0.1) is 0 Å². The maximum absolute atomic E-state index is 6.87. The van der Waals surface area contributed by atoms with Gasteiger partial charge >= 0.3 is 0 Å². The molecule has 4 aromatic rings.